The van der Waals surface area contributed by atoms with Crippen molar-refractivity contribution in [2.24, 2.45) is 5.92 Å². The van der Waals surface area contributed by atoms with Crippen LogP contribution in [-0.4, -0.2) is 12.4 Å². The molecule has 1 aromatic rings. The number of alkyl halides is 7. The Morgan fingerprint density at radius 3 is 1.81 bits per heavy atom. The average Bonchev–Trinajstić information content (AvgIpc) is 2.33. The van der Waals surface area contributed by atoms with Crippen LogP contribution in [0.15, 0.2) is 24.3 Å². The molecule has 0 aromatic heterocycles. The highest BCUT2D eigenvalue weighted by Gasteiger charge is 2.59. The van der Waals surface area contributed by atoms with Crippen molar-refractivity contribution in [3.05, 3.63) is 35.4 Å². The van der Waals surface area contributed by atoms with E-state index in [-0.39, 0.29) is 5.56 Å². The van der Waals surface area contributed by atoms with Crippen LogP contribution in [0.4, 0.5) is 26.3 Å². The highest BCUT2D eigenvalue weighted by molar-refractivity contribution is 9.09. The zero-order valence-corrected chi connectivity index (χ0v) is 12.8. The number of hydrogen-bond donors (Lipinski definition) is 0. The summed E-state index contributed by atoms with van der Waals surface area (Å²) in [5.41, 5.74) is 0.866. The molecule has 0 spiro atoms. The summed E-state index contributed by atoms with van der Waals surface area (Å²) in [6, 6.07) is 5.77. The van der Waals surface area contributed by atoms with Gasteiger partial charge in [-0.1, -0.05) is 53.5 Å². The highest BCUT2D eigenvalue weighted by atomic mass is 79.9. The molecule has 21 heavy (non-hydrogen) atoms. The molecule has 7 heteroatoms. The topological polar surface area (TPSA) is 0 Å². The molecule has 1 rings (SSSR count). The molecular weight excluding hydrogens is 362 g/mol. The van der Waals surface area contributed by atoms with Crippen LogP contribution in [-0.2, 0) is 6.42 Å². The minimum Gasteiger partial charge on any atom is -0.170 e. The normalized spacial score (nSPS) is 14.5. The van der Waals surface area contributed by atoms with Gasteiger partial charge in [0.15, 0.2) is 5.92 Å². The largest absolute Gasteiger partial charge is 0.401 e. The van der Waals surface area contributed by atoms with Gasteiger partial charge in [-0.05, 0) is 24.0 Å². The fourth-order valence-corrected chi connectivity index (χ4v) is 2.86. The summed E-state index contributed by atoms with van der Waals surface area (Å²) in [7, 11) is 0. The maximum atomic E-state index is 12.6. The predicted molar refractivity (Wildman–Crippen MR) is 72.3 cm³/mol. The highest BCUT2D eigenvalue weighted by Crippen LogP contribution is 2.49. The minimum absolute atomic E-state index is 0.0325. The van der Waals surface area contributed by atoms with Crippen LogP contribution in [0.3, 0.4) is 0 Å². The van der Waals surface area contributed by atoms with Crippen LogP contribution < -0.4 is 0 Å². The maximum Gasteiger partial charge on any atom is 0.401 e. The van der Waals surface area contributed by atoms with Gasteiger partial charge in [0.05, 0.1) is 4.83 Å². The molecule has 0 saturated heterocycles. The van der Waals surface area contributed by atoms with E-state index >= 15 is 0 Å². The quantitative estimate of drug-likeness (QED) is 0.423. The lowest BCUT2D eigenvalue weighted by Gasteiger charge is -2.27. The monoisotopic (exact) mass is 376 g/mol. The molecule has 0 radical (unpaired) electrons. The summed E-state index contributed by atoms with van der Waals surface area (Å²) >= 11 is 2.56. The van der Waals surface area contributed by atoms with E-state index in [1.807, 2.05) is 6.92 Å². The van der Waals surface area contributed by atoms with Crippen LogP contribution in [0.1, 0.15) is 35.7 Å². The summed E-state index contributed by atoms with van der Waals surface area (Å²) in [6.45, 7) is 2.00. The van der Waals surface area contributed by atoms with Crippen molar-refractivity contribution in [1.82, 2.24) is 0 Å². The molecule has 0 saturated carbocycles. The Morgan fingerprint density at radius 2 is 1.43 bits per heavy atom. The van der Waals surface area contributed by atoms with Gasteiger partial charge in [-0.25, -0.2) is 0 Å². The number of hydrogen-bond acceptors (Lipinski definition) is 0. The molecule has 1 unspecified atom stereocenters. The van der Waals surface area contributed by atoms with Gasteiger partial charge in [0.25, 0.3) is 0 Å². The summed E-state index contributed by atoms with van der Waals surface area (Å²) < 4.78 is 75.9. The average molecular weight is 377 g/mol. The maximum absolute atomic E-state index is 12.6. The van der Waals surface area contributed by atoms with Crippen molar-refractivity contribution in [1.29, 1.82) is 0 Å². The lowest BCUT2D eigenvalue weighted by Crippen LogP contribution is -2.39. The zero-order chi connectivity index (χ0) is 16.3. The van der Waals surface area contributed by atoms with Crippen molar-refractivity contribution in [3.8, 4) is 0 Å². The molecule has 0 N–H and O–H groups in total. The van der Waals surface area contributed by atoms with Gasteiger partial charge in [0.1, 0.15) is 0 Å². The van der Waals surface area contributed by atoms with E-state index in [2.05, 4.69) is 15.9 Å². The second-order valence-electron chi connectivity index (χ2n) is 4.81. The molecular formula is C14H15BrF6. The molecule has 1 aromatic carbocycles. The number of halogens is 7. The first-order valence-electron chi connectivity index (χ1n) is 6.43. The second kappa shape index (κ2) is 7.03. The van der Waals surface area contributed by atoms with Crippen LogP contribution in [0.2, 0.25) is 0 Å². The second-order valence-corrected chi connectivity index (χ2v) is 5.79. The molecule has 0 nitrogen and oxygen atoms in total. The van der Waals surface area contributed by atoms with Crippen molar-refractivity contribution in [2.45, 2.75) is 43.4 Å². The van der Waals surface area contributed by atoms with Crippen molar-refractivity contribution in [3.63, 3.8) is 0 Å². The molecule has 0 bridgehead atoms. The standard InChI is InChI=1S/C14H15BrF6/c1-2-3-4-9-5-7-10(8-6-9)11(15)12(13(16,17)18)14(19,20)21/h5-8,11-12H,2-4H2,1H3. The van der Waals surface area contributed by atoms with Crippen LogP contribution >= 0.6 is 15.9 Å². The van der Waals surface area contributed by atoms with Gasteiger partial charge in [-0.3, -0.25) is 0 Å². The van der Waals surface area contributed by atoms with Gasteiger partial charge in [0, 0.05) is 0 Å². The third-order valence-corrected chi connectivity index (χ3v) is 4.17. The van der Waals surface area contributed by atoms with E-state index in [0.717, 1.165) is 24.8 Å². The number of unbranched alkanes of at least 4 members (excludes halogenated alkanes) is 1. The van der Waals surface area contributed by atoms with E-state index in [0.29, 0.717) is 0 Å². The van der Waals surface area contributed by atoms with E-state index in [9.17, 15) is 26.3 Å². The Bertz CT molecular complexity index is 420. The Balaban J connectivity index is 2.97. The number of rotatable bonds is 5. The first-order chi connectivity index (χ1) is 9.57. The third-order valence-electron chi connectivity index (χ3n) is 3.12. The summed E-state index contributed by atoms with van der Waals surface area (Å²) in [4.78, 5) is -1.85. The molecule has 0 aliphatic rings. The molecule has 120 valence electrons. The molecule has 0 heterocycles. The summed E-state index contributed by atoms with van der Waals surface area (Å²) in [5.74, 6) is -3.42. The zero-order valence-electron chi connectivity index (χ0n) is 11.2. The van der Waals surface area contributed by atoms with Crippen molar-refractivity contribution >= 4 is 15.9 Å². The Morgan fingerprint density at radius 1 is 0.952 bits per heavy atom. The summed E-state index contributed by atoms with van der Waals surface area (Å²) in [5, 5.41) is 0. The van der Waals surface area contributed by atoms with Gasteiger partial charge in [-0.2, -0.15) is 26.3 Å². The van der Waals surface area contributed by atoms with Crippen molar-refractivity contribution < 1.29 is 26.3 Å². The minimum atomic E-state index is -5.35. The van der Waals surface area contributed by atoms with E-state index in [1.165, 1.54) is 12.1 Å². The number of aryl methyl sites for hydroxylation is 1. The molecule has 0 aliphatic carbocycles. The number of benzene rings is 1. The van der Waals surface area contributed by atoms with Crippen LogP contribution in [0.5, 0.6) is 0 Å². The third kappa shape index (κ3) is 5.20. The first kappa shape index (κ1) is 18.3. The van der Waals surface area contributed by atoms with E-state index < -0.39 is 23.1 Å². The van der Waals surface area contributed by atoms with Gasteiger partial charge in [0.2, 0.25) is 0 Å². The SMILES string of the molecule is CCCCc1ccc(C(Br)C(C(F)(F)F)C(F)(F)F)cc1. The van der Waals surface area contributed by atoms with Crippen LogP contribution in [0, 0.1) is 5.92 Å². The smallest absolute Gasteiger partial charge is 0.170 e. The fourth-order valence-electron chi connectivity index (χ4n) is 1.96. The molecule has 0 aliphatic heterocycles. The first-order valence-corrected chi connectivity index (χ1v) is 7.35. The Kier molecular flexibility index (Phi) is 6.13. The summed E-state index contributed by atoms with van der Waals surface area (Å²) in [6.07, 6.45) is -8.07. The lowest BCUT2D eigenvalue weighted by molar-refractivity contribution is -0.283. The fraction of sp³-hybridized carbons (Fsp3) is 0.571. The van der Waals surface area contributed by atoms with Gasteiger partial charge in [-0.15, -0.1) is 0 Å². The molecule has 0 amide bonds. The van der Waals surface area contributed by atoms with Gasteiger partial charge >= 0.3 is 12.4 Å². The van der Waals surface area contributed by atoms with Gasteiger partial charge < -0.3 is 0 Å². The Hall–Kier alpha value is -0.720. The van der Waals surface area contributed by atoms with Crippen molar-refractivity contribution in [2.75, 3.05) is 0 Å². The van der Waals surface area contributed by atoms with Crippen LogP contribution in [0.25, 0.3) is 0 Å². The predicted octanol–water partition coefficient (Wildman–Crippen LogP) is 6.21. The Labute approximate surface area is 127 Å². The lowest BCUT2D eigenvalue weighted by atomic mass is 9.96. The molecule has 0 fully saturated rings. The van der Waals surface area contributed by atoms with E-state index in [4.69, 9.17) is 0 Å². The molecule has 1 atom stereocenters. The van der Waals surface area contributed by atoms with E-state index in [1.54, 1.807) is 12.1 Å².